The Bertz CT molecular complexity index is 457. The van der Waals surface area contributed by atoms with Gasteiger partial charge in [-0.1, -0.05) is 28.1 Å². The van der Waals surface area contributed by atoms with Crippen LogP contribution in [0.3, 0.4) is 0 Å². The van der Waals surface area contributed by atoms with Crippen LogP contribution in [0.15, 0.2) is 34.8 Å². The zero-order valence-corrected chi connectivity index (χ0v) is 10.8. The van der Waals surface area contributed by atoms with E-state index in [0.29, 0.717) is 0 Å². The minimum Gasteiger partial charge on any atom is -0.449 e. The van der Waals surface area contributed by atoms with Crippen LogP contribution in [0.25, 0.3) is 6.08 Å². The highest BCUT2D eigenvalue weighted by Crippen LogP contribution is 2.12. The average molecular weight is 298 g/mol. The van der Waals surface area contributed by atoms with Crippen molar-refractivity contribution in [3.05, 3.63) is 40.4 Å². The van der Waals surface area contributed by atoms with Crippen molar-refractivity contribution in [2.75, 3.05) is 0 Å². The van der Waals surface area contributed by atoms with Crippen LogP contribution in [0.1, 0.15) is 12.5 Å². The van der Waals surface area contributed by atoms with Crippen molar-refractivity contribution in [2.45, 2.75) is 13.0 Å². The quantitative estimate of drug-likeness (QED) is 0.681. The van der Waals surface area contributed by atoms with E-state index in [2.05, 4.69) is 15.9 Å². The molecule has 0 saturated heterocycles. The lowest BCUT2D eigenvalue weighted by Gasteiger charge is -2.06. The molecule has 0 heterocycles. The monoisotopic (exact) mass is 297 g/mol. The summed E-state index contributed by atoms with van der Waals surface area (Å²) in [5.41, 5.74) is 5.82. The predicted octanol–water partition coefficient (Wildman–Crippen LogP) is 1.88. The lowest BCUT2D eigenvalue weighted by atomic mass is 10.2. The summed E-state index contributed by atoms with van der Waals surface area (Å²) in [6.45, 7) is 1.42. The fraction of sp³-hybridized carbons (Fsp3) is 0.167. The molecule has 0 aliphatic rings. The van der Waals surface area contributed by atoms with Crippen molar-refractivity contribution in [3.63, 3.8) is 0 Å². The summed E-state index contributed by atoms with van der Waals surface area (Å²) < 4.78 is 5.67. The van der Waals surface area contributed by atoms with Crippen molar-refractivity contribution < 1.29 is 14.3 Å². The first-order valence-corrected chi connectivity index (χ1v) is 5.72. The van der Waals surface area contributed by atoms with Gasteiger partial charge in [0.15, 0.2) is 6.10 Å². The van der Waals surface area contributed by atoms with Gasteiger partial charge in [-0.15, -0.1) is 0 Å². The smallest absolute Gasteiger partial charge is 0.331 e. The zero-order valence-electron chi connectivity index (χ0n) is 9.22. The summed E-state index contributed by atoms with van der Waals surface area (Å²) in [6, 6.07) is 7.42. The Balaban J connectivity index is 2.59. The van der Waals surface area contributed by atoms with Crippen molar-refractivity contribution in [3.8, 4) is 0 Å². The van der Waals surface area contributed by atoms with Crippen LogP contribution in [0.5, 0.6) is 0 Å². The van der Waals surface area contributed by atoms with Crippen LogP contribution in [0.2, 0.25) is 0 Å². The lowest BCUT2D eigenvalue weighted by molar-refractivity contribution is -0.148. The Labute approximate surface area is 108 Å². The van der Waals surface area contributed by atoms with Gasteiger partial charge in [-0.25, -0.2) is 4.79 Å². The molecule has 0 saturated carbocycles. The molecule has 2 N–H and O–H groups in total. The van der Waals surface area contributed by atoms with E-state index in [0.717, 1.165) is 10.0 Å². The molecule has 90 valence electrons. The van der Waals surface area contributed by atoms with E-state index in [1.807, 2.05) is 24.3 Å². The maximum atomic E-state index is 11.3. The van der Waals surface area contributed by atoms with Crippen LogP contribution in [-0.2, 0) is 14.3 Å². The van der Waals surface area contributed by atoms with Crippen molar-refractivity contribution in [2.24, 2.45) is 5.73 Å². The van der Waals surface area contributed by atoms with Crippen molar-refractivity contribution >= 4 is 33.9 Å². The number of benzene rings is 1. The lowest BCUT2D eigenvalue weighted by Crippen LogP contribution is -2.29. The molecule has 1 amide bonds. The number of primary amides is 1. The molecule has 5 heteroatoms. The number of hydrogen-bond acceptors (Lipinski definition) is 3. The van der Waals surface area contributed by atoms with Crippen molar-refractivity contribution in [1.29, 1.82) is 0 Å². The molecular formula is C12H12BrNO3. The minimum absolute atomic E-state index is 0.601. The molecule has 17 heavy (non-hydrogen) atoms. The third kappa shape index (κ3) is 4.82. The van der Waals surface area contributed by atoms with Crippen LogP contribution >= 0.6 is 15.9 Å². The Hall–Kier alpha value is -1.62. The molecule has 0 bridgehead atoms. The highest BCUT2D eigenvalue weighted by molar-refractivity contribution is 9.10. The second-order valence-corrected chi connectivity index (χ2v) is 4.29. The van der Waals surface area contributed by atoms with E-state index in [1.54, 1.807) is 6.08 Å². The molecule has 0 unspecified atom stereocenters. The molecular weight excluding hydrogens is 286 g/mol. The van der Waals surface area contributed by atoms with Gasteiger partial charge in [-0.05, 0) is 30.7 Å². The van der Waals surface area contributed by atoms with Gasteiger partial charge in [0.05, 0.1) is 0 Å². The molecule has 1 aromatic carbocycles. The molecule has 0 aliphatic heterocycles. The first-order chi connectivity index (χ1) is 7.99. The molecule has 0 radical (unpaired) electrons. The number of nitrogens with two attached hydrogens (primary N) is 1. The van der Waals surface area contributed by atoms with E-state index in [-0.39, 0.29) is 0 Å². The largest absolute Gasteiger partial charge is 0.449 e. The molecule has 1 atom stereocenters. The summed E-state index contributed by atoms with van der Waals surface area (Å²) in [6.07, 6.45) is 1.93. The Morgan fingerprint density at radius 3 is 2.76 bits per heavy atom. The molecule has 0 aromatic heterocycles. The number of esters is 1. The van der Waals surface area contributed by atoms with Gasteiger partial charge in [0.25, 0.3) is 5.91 Å². The fourth-order valence-corrected chi connectivity index (χ4v) is 1.46. The van der Waals surface area contributed by atoms with Crippen LogP contribution in [-0.4, -0.2) is 18.0 Å². The topological polar surface area (TPSA) is 69.4 Å². The molecule has 1 rings (SSSR count). The Kier molecular flexibility index (Phi) is 4.90. The van der Waals surface area contributed by atoms with E-state index in [1.165, 1.54) is 13.0 Å². The summed E-state index contributed by atoms with van der Waals surface area (Å²) >= 11 is 3.32. The van der Waals surface area contributed by atoms with E-state index in [4.69, 9.17) is 10.5 Å². The fourth-order valence-electron chi connectivity index (χ4n) is 1.05. The van der Waals surface area contributed by atoms with Gasteiger partial charge in [0, 0.05) is 10.5 Å². The van der Waals surface area contributed by atoms with E-state index in [9.17, 15) is 9.59 Å². The Morgan fingerprint density at radius 2 is 2.18 bits per heavy atom. The van der Waals surface area contributed by atoms with Gasteiger partial charge in [-0.2, -0.15) is 0 Å². The highest BCUT2D eigenvalue weighted by atomic mass is 79.9. The number of ether oxygens (including phenoxy) is 1. The van der Waals surface area contributed by atoms with Gasteiger partial charge < -0.3 is 10.5 Å². The average Bonchev–Trinajstić information content (AvgIpc) is 2.26. The first kappa shape index (κ1) is 13.4. The number of amides is 1. The number of halogens is 1. The highest BCUT2D eigenvalue weighted by Gasteiger charge is 2.11. The number of hydrogen-bond donors (Lipinski definition) is 1. The third-order valence-electron chi connectivity index (χ3n) is 1.95. The van der Waals surface area contributed by atoms with Gasteiger partial charge in [0.1, 0.15) is 0 Å². The Morgan fingerprint density at radius 1 is 1.47 bits per heavy atom. The van der Waals surface area contributed by atoms with Gasteiger partial charge in [0.2, 0.25) is 0 Å². The second-order valence-electron chi connectivity index (χ2n) is 3.37. The zero-order chi connectivity index (χ0) is 12.8. The SMILES string of the molecule is C[C@H](OC(=O)/C=C/c1cccc(Br)c1)C(N)=O. The molecule has 0 spiro atoms. The van der Waals surface area contributed by atoms with Gasteiger partial charge >= 0.3 is 5.97 Å². The summed E-state index contributed by atoms with van der Waals surface area (Å²) in [5.74, 6) is -1.27. The van der Waals surface area contributed by atoms with Crippen LogP contribution in [0.4, 0.5) is 0 Å². The molecule has 0 fully saturated rings. The first-order valence-electron chi connectivity index (χ1n) is 4.92. The van der Waals surface area contributed by atoms with Crippen LogP contribution < -0.4 is 5.73 Å². The summed E-state index contributed by atoms with van der Waals surface area (Å²) in [7, 11) is 0. The minimum atomic E-state index is -0.922. The predicted molar refractivity (Wildman–Crippen MR) is 67.9 cm³/mol. The van der Waals surface area contributed by atoms with Crippen molar-refractivity contribution in [1.82, 2.24) is 0 Å². The van der Waals surface area contributed by atoms with E-state index >= 15 is 0 Å². The maximum absolute atomic E-state index is 11.3. The maximum Gasteiger partial charge on any atom is 0.331 e. The normalized spacial score (nSPS) is 12.4. The van der Waals surface area contributed by atoms with Crippen LogP contribution in [0, 0.1) is 0 Å². The van der Waals surface area contributed by atoms with Gasteiger partial charge in [-0.3, -0.25) is 4.79 Å². The third-order valence-corrected chi connectivity index (χ3v) is 2.45. The van der Waals surface area contributed by atoms with E-state index < -0.39 is 18.0 Å². The number of rotatable bonds is 4. The summed E-state index contributed by atoms with van der Waals surface area (Å²) in [4.78, 5) is 22.0. The number of carbonyl (C=O) groups excluding carboxylic acids is 2. The molecule has 1 aromatic rings. The second kappa shape index (κ2) is 6.20. The molecule has 4 nitrogen and oxygen atoms in total. The molecule has 0 aliphatic carbocycles. The standard InChI is InChI=1S/C12H12BrNO3/c1-8(12(14)16)17-11(15)6-5-9-3-2-4-10(13)7-9/h2-8H,1H3,(H2,14,16)/b6-5+/t8-/m0/s1. The number of carbonyl (C=O) groups is 2. The summed E-state index contributed by atoms with van der Waals surface area (Å²) in [5, 5.41) is 0.